The Labute approximate surface area is 185 Å². The van der Waals surface area contributed by atoms with E-state index in [4.69, 9.17) is 9.47 Å². The molecule has 1 atom stereocenters. The second-order valence-electron chi connectivity index (χ2n) is 8.55. The van der Waals surface area contributed by atoms with E-state index in [2.05, 4.69) is 46.6 Å². The highest BCUT2D eigenvalue weighted by Crippen LogP contribution is 2.25. The summed E-state index contributed by atoms with van der Waals surface area (Å²) in [6.07, 6.45) is 6.39. The van der Waals surface area contributed by atoms with Gasteiger partial charge in [-0.05, 0) is 55.4 Å². The topological polar surface area (TPSA) is 50.8 Å². The van der Waals surface area contributed by atoms with Gasteiger partial charge in [-0.25, -0.2) is 0 Å². The molecule has 1 unspecified atom stereocenters. The van der Waals surface area contributed by atoms with Gasteiger partial charge in [0.1, 0.15) is 5.75 Å². The number of nitrogens with zero attached hydrogens (tertiary/aromatic N) is 1. The Morgan fingerprint density at radius 3 is 2.61 bits per heavy atom. The molecule has 4 rings (SSSR count). The summed E-state index contributed by atoms with van der Waals surface area (Å²) in [4.78, 5) is 15.0. The molecule has 1 saturated carbocycles. The Balaban J connectivity index is 1.28. The molecule has 31 heavy (non-hydrogen) atoms. The monoisotopic (exact) mass is 422 g/mol. The molecule has 0 aromatic heterocycles. The standard InChI is InChI=1S/C26H34N2O3/c29-26(14-13-21-7-6-12-24(19-21)31-23-10-4-5-11-23)27-20-25(22-8-2-1-3-9-22)28-15-17-30-18-16-28/h1-3,6-9,12,19,23,25H,4-5,10-11,13-18,20H2,(H,27,29). The third-order valence-electron chi connectivity index (χ3n) is 6.31. The molecule has 0 radical (unpaired) electrons. The fourth-order valence-corrected chi connectivity index (χ4v) is 4.55. The Bertz CT molecular complexity index is 814. The summed E-state index contributed by atoms with van der Waals surface area (Å²) in [5.74, 6) is 1.03. The summed E-state index contributed by atoms with van der Waals surface area (Å²) >= 11 is 0. The lowest BCUT2D eigenvalue weighted by atomic mass is 10.0. The number of nitrogens with one attached hydrogen (secondary N) is 1. The summed E-state index contributed by atoms with van der Waals surface area (Å²) < 4.78 is 11.6. The van der Waals surface area contributed by atoms with Gasteiger partial charge in [0.05, 0.1) is 25.4 Å². The van der Waals surface area contributed by atoms with Crippen LogP contribution < -0.4 is 10.1 Å². The predicted octanol–water partition coefficient (Wildman–Crippen LogP) is 4.13. The molecule has 0 spiro atoms. The molecular weight excluding hydrogens is 388 g/mol. The first kappa shape index (κ1) is 21.8. The van der Waals surface area contributed by atoms with E-state index in [1.165, 1.54) is 18.4 Å². The van der Waals surface area contributed by atoms with E-state index in [1.54, 1.807) is 0 Å². The van der Waals surface area contributed by atoms with E-state index in [0.717, 1.165) is 56.9 Å². The molecular formula is C26H34N2O3. The number of amides is 1. The van der Waals surface area contributed by atoms with Crippen LogP contribution in [0.15, 0.2) is 54.6 Å². The summed E-state index contributed by atoms with van der Waals surface area (Å²) in [5, 5.41) is 3.17. The first-order valence-corrected chi connectivity index (χ1v) is 11.7. The number of carbonyl (C=O) groups excluding carboxylic acids is 1. The maximum Gasteiger partial charge on any atom is 0.220 e. The van der Waals surface area contributed by atoms with Gasteiger partial charge in [-0.2, -0.15) is 0 Å². The highest BCUT2D eigenvalue weighted by molar-refractivity contribution is 5.76. The van der Waals surface area contributed by atoms with Crippen LogP contribution in [-0.4, -0.2) is 49.8 Å². The van der Waals surface area contributed by atoms with Gasteiger partial charge in [0.25, 0.3) is 0 Å². The van der Waals surface area contributed by atoms with Crippen LogP contribution >= 0.6 is 0 Å². The molecule has 5 heteroatoms. The van der Waals surface area contributed by atoms with E-state index >= 15 is 0 Å². The van der Waals surface area contributed by atoms with Crippen molar-refractivity contribution < 1.29 is 14.3 Å². The molecule has 1 aliphatic carbocycles. The molecule has 2 aromatic rings. The summed E-state index contributed by atoms with van der Waals surface area (Å²) in [5.41, 5.74) is 2.39. The average molecular weight is 423 g/mol. The molecule has 1 heterocycles. The van der Waals surface area contributed by atoms with Crippen molar-refractivity contribution in [2.24, 2.45) is 0 Å². The Morgan fingerprint density at radius 1 is 1.06 bits per heavy atom. The van der Waals surface area contributed by atoms with E-state index in [9.17, 15) is 4.79 Å². The molecule has 2 aromatic carbocycles. The van der Waals surface area contributed by atoms with E-state index < -0.39 is 0 Å². The van der Waals surface area contributed by atoms with Gasteiger partial charge in [-0.1, -0.05) is 42.5 Å². The number of ether oxygens (including phenoxy) is 2. The van der Waals surface area contributed by atoms with Gasteiger partial charge in [-0.15, -0.1) is 0 Å². The lowest BCUT2D eigenvalue weighted by molar-refractivity contribution is -0.121. The zero-order valence-electron chi connectivity index (χ0n) is 18.3. The SMILES string of the molecule is O=C(CCc1cccc(OC2CCCC2)c1)NCC(c1ccccc1)N1CCOCC1. The lowest BCUT2D eigenvalue weighted by Crippen LogP contribution is -2.43. The molecule has 1 N–H and O–H groups in total. The van der Waals surface area contributed by atoms with Crippen molar-refractivity contribution in [3.05, 3.63) is 65.7 Å². The van der Waals surface area contributed by atoms with Crippen molar-refractivity contribution in [1.29, 1.82) is 0 Å². The highest BCUT2D eigenvalue weighted by Gasteiger charge is 2.23. The number of aryl methyl sites for hydroxylation is 1. The van der Waals surface area contributed by atoms with Crippen LogP contribution in [0.3, 0.4) is 0 Å². The molecule has 166 valence electrons. The van der Waals surface area contributed by atoms with Gasteiger partial charge in [0.2, 0.25) is 5.91 Å². The van der Waals surface area contributed by atoms with Gasteiger partial charge in [-0.3, -0.25) is 9.69 Å². The molecule has 2 aliphatic rings. The first-order chi connectivity index (χ1) is 15.3. The third-order valence-corrected chi connectivity index (χ3v) is 6.31. The molecule has 0 bridgehead atoms. The maximum atomic E-state index is 12.6. The number of hydrogen-bond acceptors (Lipinski definition) is 4. The van der Waals surface area contributed by atoms with Crippen molar-refractivity contribution in [3.8, 4) is 5.75 Å². The first-order valence-electron chi connectivity index (χ1n) is 11.7. The van der Waals surface area contributed by atoms with Crippen LogP contribution in [0.25, 0.3) is 0 Å². The van der Waals surface area contributed by atoms with Crippen molar-refractivity contribution in [2.75, 3.05) is 32.8 Å². The quantitative estimate of drug-likeness (QED) is 0.660. The summed E-state index contributed by atoms with van der Waals surface area (Å²) in [6.45, 7) is 3.90. The van der Waals surface area contributed by atoms with Crippen LogP contribution in [0.5, 0.6) is 5.75 Å². The minimum absolute atomic E-state index is 0.0938. The maximum absolute atomic E-state index is 12.6. The predicted molar refractivity (Wildman–Crippen MR) is 122 cm³/mol. The second kappa shape index (κ2) is 11.3. The average Bonchev–Trinajstić information content (AvgIpc) is 3.33. The minimum Gasteiger partial charge on any atom is -0.490 e. The molecule has 1 amide bonds. The van der Waals surface area contributed by atoms with Gasteiger partial charge in [0, 0.05) is 26.1 Å². The van der Waals surface area contributed by atoms with Crippen molar-refractivity contribution in [3.63, 3.8) is 0 Å². The molecule has 1 saturated heterocycles. The Kier molecular flexibility index (Phi) is 7.97. The molecule has 2 fully saturated rings. The molecule has 5 nitrogen and oxygen atoms in total. The summed E-state index contributed by atoms with van der Waals surface area (Å²) in [6, 6.07) is 18.8. The number of benzene rings is 2. The number of hydrogen-bond donors (Lipinski definition) is 1. The van der Waals surface area contributed by atoms with Crippen LogP contribution in [0.2, 0.25) is 0 Å². The minimum atomic E-state index is 0.0938. The van der Waals surface area contributed by atoms with Crippen molar-refractivity contribution in [1.82, 2.24) is 10.2 Å². The van der Waals surface area contributed by atoms with Gasteiger partial charge < -0.3 is 14.8 Å². The van der Waals surface area contributed by atoms with Crippen LogP contribution in [0.4, 0.5) is 0 Å². The van der Waals surface area contributed by atoms with Crippen molar-refractivity contribution >= 4 is 5.91 Å². The van der Waals surface area contributed by atoms with Crippen molar-refractivity contribution in [2.45, 2.75) is 50.7 Å². The number of rotatable bonds is 9. The van der Waals surface area contributed by atoms with Crippen LogP contribution in [0.1, 0.15) is 49.3 Å². The zero-order valence-corrected chi connectivity index (χ0v) is 18.3. The number of morpholine rings is 1. The third kappa shape index (κ3) is 6.55. The van der Waals surface area contributed by atoms with E-state index in [-0.39, 0.29) is 11.9 Å². The largest absolute Gasteiger partial charge is 0.490 e. The molecule has 1 aliphatic heterocycles. The van der Waals surface area contributed by atoms with E-state index in [1.807, 2.05) is 18.2 Å². The second-order valence-corrected chi connectivity index (χ2v) is 8.55. The number of carbonyl (C=O) groups is 1. The smallest absolute Gasteiger partial charge is 0.220 e. The Morgan fingerprint density at radius 2 is 1.84 bits per heavy atom. The lowest BCUT2D eigenvalue weighted by Gasteiger charge is -2.35. The highest BCUT2D eigenvalue weighted by atomic mass is 16.5. The van der Waals surface area contributed by atoms with E-state index in [0.29, 0.717) is 19.1 Å². The summed E-state index contributed by atoms with van der Waals surface area (Å²) in [7, 11) is 0. The normalized spacial score (nSPS) is 18.6. The van der Waals surface area contributed by atoms with Gasteiger partial charge >= 0.3 is 0 Å². The van der Waals surface area contributed by atoms with Crippen LogP contribution in [0, 0.1) is 0 Å². The zero-order chi connectivity index (χ0) is 21.3. The van der Waals surface area contributed by atoms with Crippen LogP contribution in [-0.2, 0) is 16.0 Å². The van der Waals surface area contributed by atoms with Gasteiger partial charge in [0.15, 0.2) is 0 Å². The fourth-order valence-electron chi connectivity index (χ4n) is 4.55. The fraction of sp³-hybridized carbons (Fsp3) is 0.500. The Hall–Kier alpha value is -2.37.